The minimum absolute atomic E-state index is 0.0472. The van der Waals surface area contributed by atoms with Crippen molar-refractivity contribution in [2.24, 2.45) is 5.92 Å². The van der Waals surface area contributed by atoms with Gasteiger partial charge in [0.15, 0.2) is 0 Å². The van der Waals surface area contributed by atoms with Gasteiger partial charge in [0.05, 0.1) is 13.0 Å². The van der Waals surface area contributed by atoms with Crippen molar-refractivity contribution in [3.8, 4) is 5.75 Å². The molecule has 1 N–H and O–H groups in total. The van der Waals surface area contributed by atoms with Gasteiger partial charge in [0.25, 0.3) is 0 Å². The van der Waals surface area contributed by atoms with E-state index in [0.717, 1.165) is 22.5 Å². The molecule has 3 rings (SSSR count). The van der Waals surface area contributed by atoms with Crippen LogP contribution in [0.5, 0.6) is 5.75 Å². The molecule has 0 unspecified atom stereocenters. The third-order valence-corrected chi connectivity index (χ3v) is 4.50. The molecule has 1 aliphatic rings. The summed E-state index contributed by atoms with van der Waals surface area (Å²) in [5.41, 5.74) is 3.71. The second-order valence-corrected chi connectivity index (χ2v) is 6.41. The van der Waals surface area contributed by atoms with Gasteiger partial charge >= 0.3 is 0 Å². The summed E-state index contributed by atoms with van der Waals surface area (Å²) in [7, 11) is 1.59. The van der Waals surface area contributed by atoms with Crippen LogP contribution < -0.4 is 15.0 Å². The number of nitrogens with one attached hydrogen (secondary N) is 1. The van der Waals surface area contributed by atoms with Crippen LogP contribution in [0.4, 0.5) is 11.4 Å². The quantitative estimate of drug-likeness (QED) is 0.930. The Hall–Kier alpha value is -2.82. The Labute approximate surface area is 147 Å². The zero-order valence-corrected chi connectivity index (χ0v) is 14.7. The van der Waals surface area contributed by atoms with Gasteiger partial charge in [-0.15, -0.1) is 0 Å². The van der Waals surface area contributed by atoms with Gasteiger partial charge in [-0.25, -0.2) is 0 Å². The van der Waals surface area contributed by atoms with Crippen LogP contribution in [0.25, 0.3) is 0 Å². The van der Waals surface area contributed by atoms with Crippen molar-refractivity contribution < 1.29 is 14.3 Å². The number of nitrogens with zero attached hydrogens (tertiary/aromatic N) is 1. The largest absolute Gasteiger partial charge is 0.497 e. The molecule has 0 aliphatic carbocycles. The van der Waals surface area contributed by atoms with Gasteiger partial charge in [-0.2, -0.15) is 0 Å². The van der Waals surface area contributed by atoms with E-state index in [0.29, 0.717) is 12.3 Å². The minimum Gasteiger partial charge on any atom is -0.497 e. The van der Waals surface area contributed by atoms with Gasteiger partial charge in [0.1, 0.15) is 5.75 Å². The fourth-order valence-corrected chi connectivity index (χ4v) is 3.10. The maximum atomic E-state index is 12.6. The van der Waals surface area contributed by atoms with E-state index in [1.54, 1.807) is 12.0 Å². The fraction of sp³-hybridized carbons (Fsp3) is 0.300. The topological polar surface area (TPSA) is 58.6 Å². The fourth-order valence-electron chi connectivity index (χ4n) is 3.10. The van der Waals surface area contributed by atoms with Crippen molar-refractivity contribution in [2.75, 3.05) is 23.9 Å². The molecule has 1 heterocycles. The van der Waals surface area contributed by atoms with Gasteiger partial charge in [-0.3, -0.25) is 9.59 Å². The summed E-state index contributed by atoms with van der Waals surface area (Å²) in [4.78, 5) is 26.6. The van der Waals surface area contributed by atoms with Gasteiger partial charge in [0.2, 0.25) is 11.8 Å². The molecule has 5 heteroatoms. The van der Waals surface area contributed by atoms with Gasteiger partial charge < -0.3 is 15.0 Å². The molecule has 0 aromatic heterocycles. The number of aryl methyl sites for hydroxylation is 2. The molecule has 0 bridgehead atoms. The normalized spacial score (nSPS) is 16.8. The summed E-state index contributed by atoms with van der Waals surface area (Å²) in [5.74, 6) is 0.160. The smallest absolute Gasteiger partial charge is 0.229 e. The van der Waals surface area contributed by atoms with Crippen LogP contribution in [-0.4, -0.2) is 25.5 Å². The maximum Gasteiger partial charge on any atom is 0.229 e. The van der Waals surface area contributed by atoms with Crippen LogP contribution in [0.15, 0.2) is 42.5 Å². The molecule has 1 saturated heterocycles. The summed E-state index contributed by atoms with van der Waals surface area (Å²) in [5, 5.41) is 2.95. The molecular weight excluding hydrogens is 316 g/mol. The van der Waals surface area contributed by atoms with Crippen LogP contribution in [0.1, 0.15) is 17.5 Å². The zero-order chi connectivity index (χ0) is 18.0. The lowest BCUT2D eigenvalue weighted by atomic mass is 10.1. The predicted molar refractivity (Wildman–Crippen MR) is 98.0 cm³/mol. The highest BCUT2D eigenvalue weighted by atomic mass is 16.5. The van der Waals surface area contributed by atoms with E-state index in [1.165, 1.54) is 0 Å². The molecule has 25 heavy (non-hydrogen) atoms. The van der Waals surface area contributed by atoms with E-state index in [1.807, 2.05) is 56.3 Å². The Morgan fingerprint density at radius 3 is 2.72 bits per heavy atom. The van der Waals surface area contributed by atoms with Crippen molar-refractivity contribution in [1.82, 2.24) is 0 Å². The number of ether oxygens (including phenoxy) is 1. The van der Waals surface area contributed by atoms with E-state index in [4.69, 9.17) is 4.74 Å². The van der Waals surface area contributed by atoms with Crippen molar-refractivity contribution >= 4 is 23.2 Å². The monoisotopic (exact) mass is 338 g/mol. The average Bonchev–Trinajstić information content (AvgIpc) is 2.99. The predicted octanol–water partition coefficient (Wildman–Crippen LogP) is 3.30. The lowest BCUT2D eigenvalue weighted by Crippen LogP contribution is -2.28. The van der Waals surface area contributed by atoms with E-state index < -0.39 is 0 Å². The molecule has 0 radical (unpaired) electrons. The molecule has 0 spiro atoms. The number of hydrogen-bond acceptors (Lipinski definition) is 3. The third-order valence-electron chi connectivity index (χ3n) is 4.50. The second kappa shape index (κ2) is 6.97. The van der Waals surface area contributed by atoms with Crippen molar-refractivity contribution in [3.63, 3.8) is 0 Å². The van der Waals surface area contributed by atoms with Gasteiger partial charge in [-0.1, -0.05) is 23.8 Å². The number of hydrogen-bond donors (Lipinski definition) is 1. The number of carbonyl (C=O) groups is 2. The van der Waals surface area contributed by atoms with Crippen LogP contribution in [0, 0.1) is 19.8 Å². The molecular formula is C20H22N2O3. The SMILES string of the molecule is COc1cccc(N2C[C@@H](C(=O)Nc3ccc(C)cc3C)CC2=O)c1. The highest BCUT2D eigenvalue weighted by molar-refractivity contribution is 6.03. The molecule has 2 aromatic carbocycles. The van der Waals surface area contributed by atoms with Crippen molar-refractivity contribution in [1.29, 1.82) is 0 Å². The Morgan fingerprint density at radius 1 is 1.20 bits per heavy atom. The van der Waals surface area contributed by atoms with Crippen molar-refractivity contribution in [2.45, 2.75) is 20.3 Å². The number of amides is 2. The lowest BCUT2D eigenvalue weighted by Gasteiger charge is -2.17. The first-order chi connectivity index (χ1) is 12.0. The Morgan fingerprint density at radius 2 is 2.00 bits per heavy atom. The van der Waals surface area contributed by atoms with Crippen LogP contribution in [-0.2, 0) is 9.59 Å². The van der Waals surface area contributed by atoms with Gasteiger partial charge in [-0.05, 0) is 37.6 Å². The van der Waals surface area contributed by atoms with Gasteiger partial charge in [0, 0.05) is 30.4 Å². The summed E-state index contributed by atoms with van der Waals surface area (Å²) in [6.07, 6.45) is 0.216. The third kappa shape index (κ3) is 3.65. The molecule has 2 aromatic rings. The van der Waals surface area contributed by atoms with E-state index >= 15 is 0 Å². The molecule has 5 nitrogen and oxygen atoms in total. The molecule has 0 saturated carbocycles. The first-order valence-electron chi connectivity index (χ1n) is 8.30. The summed E-state index contributed by atoms with van der Waals surface area (Å²) < 4.78 is 5.21. The van der Waals surface area contributed by atoms with Crippen LogP contribution >= 0.6 is 0 Å². The first kappa shape index (κ1) is 17.0. The molecule has 1 atom stereocenters. The second-order valence-electron chi connectivity index (χ2n) is 6.41. The molecule has 1 aliphatic heterocycles. The number of rotatable bonds is 4. The number of methoxy groups -OCH3 is 1. The Balaban J connectivity index is 1.72. The van der Waals surface area contributed by atoms with E-state index in [2.05, 4.69) is 5.32 Å². The summed E-state index contributed by atoms with van der Waals surface area (Å²) in [6, 6.07) is 13.2. The summed E-state index contributed by atoms with van der Waals surface area (Å²) in [6.45, 7) is 4.36. The number of anilines is 2. The van der Waals surface area contributed by atoms with Crippen LogP contribution in [0.2, 0.25) is 0 Å². The lowest BCUT2D eigenvalue weighted by molar-refractivity contribution is -0.122. The van der Waals surface area contributed by atoms with Crippen LogP contribution in [0.3, 0.4) is 0 Å². The Kier molecular flexibility index (Phi) is 4.74. The standard InChI is InChI=1S/C20H22N2O3/c1-13-7-8-18(14(2)9-13)21-20(24)15-10-19(23)22(12-15)16-5-4-6-17(11-16)25-3/h4-9,11,15H,10,12H2,1-3H3,(H,21,24)/t15-/m0/s1. The number of carbonyl (C=O) groups excluding carboxylic acids is 2. The maximum absolute atomic E-state index is 12.6. The van der Waals surface area contributed by atoms with E-state index in [-0.39, 0.29) is 24.2 Å². The molecule has 1 fully saturated rings. The Bertz CT molecular complexity index is 816. The average molecular weight is 338 g/mol. The van der Waals surface area contributed by atoms with E-state index in [9.17, 15) is 9.59 Å². The highest BCUT2D eigenvalue weighted by Gasteiger charge is 2.35. The molecule has 130 valence electrons. The minimum atomic E-state index is -0.362. The highest BCUT2D eigenvalue weighted by Crippen LogP contribution is 2.29. The zero-order valence-electron chi connectivity index (χ0n) is 14.7. The summed E-state index contributed by atoms with van der Waals surface area (Å²) >= 11 is 0. The number of benzene rings is 2. The van der Waals surface area contributed by atoms with Crippen molar-refractivity contribution in [3.05, 3.63) is 53.6 Å². The first-order valence-corrected chi connectivity index (χ1v) is 8.30. The molecule has 2 amide bonds.